The van der Waals surface area contributed by atoms with Crippen LogP contribution < -0.4 is 5.73 Å². The fourth-order valence-electron chi connectivity index (χ4n) is 2.56. The number of nitrogens with zero attached hydrogens (tertiary/aromatic N) is 1. The molecule has 0 spiro atoms. The lowest BCUT2D eigenvalue weighted by Crippen LogP contribution is -2.37. The summed E-state index contributed by atoms with van der Waals surface area (Å²) in [5.41, 5.74) is 5.70. The molecule has 13 heavy (non-hydrogen) atoms. The fourth-order valence-corrected chi connectivity index (χ4v) is 3.84. The number of likely N-dealkylation sites (tertiary alicyclic amines) is 1. The topological polar surface area (TPSA) is 29.3 Å². The van der Waals surface area contributed by atoms with Gasteiger partial charge >= 0.3 is 0 Å². The highest BCUT2D eigenvalue weighted by Crippen LogP contribution is 2.32. The molecule has 0 saturated carbocycles. The van der Waals surface area contributed by atoms with E-state index in [9.17, 15) is 0 Å². The summed E-state index contributed by atoms with van der Waals surface area (Å²) >= 11 is 2.13. The first-order chi connectivity index (χ1) is 6.31. The van der Waals surface area contributed by atoms with E-state index in [4.69, 9.17) is 5.73 Å². The molecule has 3 atom stereocenters. The molecule has 0 aromatic heterocycles. The van der Waals surface area contributed by atoms with Gasteiger partial charge in [0.2, 0.25) is 0 Å². The zero-order valence-corrected chi connectivity index (χ0v) is 9.22. The Morgan fingerprint density at radius 1 is 1.46 bits per heavy atom. The Morgan fingerprint density at radius 2 is 2.31 bits per heavy atom. The summed E-state index contributed by atoms with van der Waals surface area (Å²) < 4.78 is 0. The molecule has 2 saturated heterocycles. The van der Waals surface area contributed by atoms with E-state index in [-0.39, 0.29) is 0 Å². The third-order valence-corrected chi connectivity index (χ3v) is 4.77. The van der Waals surface area contributed by atoms with Crippen LogP contribution >= 0.6 is 11.8 Å². The van der Waals surface area contributed by atoms with Crippen molar-refractivity contribution >= 4 is 11.8 Å². The Balaban J connectivity index is 1.88. The van der Waals surface area contributed by atoms with Gasteiger partial charge in [0.05, 0.1) is 0 Å². The van der Waals surface area contributed by atoms with Crippen LogP contribution in [-0.2, 0) is 0 Å². The van der Waals surface area contributed by atoms with Crippen LogP contribution in [-0.4, -0.2) is 41.6 Å². The van der Waals surface area contributed by atoms with Crippen LogP contribution in [0.1, 0.15) is 19.8 Å². The van der Waals surface area contributed by atoms with E-state index in [1.807, 2.05) is 0 Å². The molecule has 3 unspecified atom stereocenters. The van der Waals surface area contributed by atoms with Crippen LogP contribution in [0.25, 0.3) is 0 Å². The Bertz CT molecular complexity index is 174. The molecule has 2 aliphatic heterocycles. The minimum Gasteiger partial charge on any atom is -0.330 e. The molecule has 2 aliphatic rings. The van der Waals surface area contributed by atoms with E-state index in [0.29, 0.717) is 0 Å². The summed E-state index contributed by atoms with van der Waals surface area (Å²) in [6.07, 6.45) is 2.72. The van der Waals surface area contributed by atoms with E-state index in [2.05, 4.69) is 23.6 Å². The average Bonchev–Trinajstić information content (AvgIpc) is 2.71. The van der Waals surface area contributed by atoms with Gasteiger partial charge in [-0.3, -0.25) is 4.90 Å². The number of hydrogen-bond donors (Lipinski definition) is 1. The predicted molar refractivity (Wildman–Crippen MR) is 59.1 cm³/mol. The van der Waals surface area contributed by atoms with Gasteiger partial charge in [0, 0.05) is 17.8 Å². The molecule has 0 aromatic carbocycles. The zero-order chi connectivity index (χ0) is 9.26. The van der Waals surface area contributed by atoms with Crippen LogP contribution in [0, 0.1) is 5.92 Å². The second-order valence-electron chi connectivity index (χ2n) is 4.32. The van der Waals surface area contributed by atoms with E-state index in [1.165, 1.54) is 31.7 Å². The Hall–Kier alpha value is 0.270. The summed E-state index contributed by atoms with van der Waals surface area (Å²) in [6, 6.07) is 0.849. The van der Waals surface area contributed by atoms with Gasteiger partial charge in [-0.1, -0.05) is 6.92 Å². The molecular weight excluding hydrogens is 180 g/mol. The van der Waals surface area contributed by atoms with Crippen molar-refractivity contribution in [3.05, 3.63) is 0 Å². The molecule has 2 heterocycles. The summed E-state index contributed by atoms with van der Waals surface area (Å²) in [6.45, 7) is 5.80. The first-order valence-electron chi connectivity index (χ1n) is 5.37. The maximum atomic E-state index is 5.70. The maximum Gasteiger partial charge on any atom is 0.0219 e. The van der Waals surface area contributed by atoms with Gasteiger partial charge in [-0.05, 0) is 37.6 Å². The normalized spacial score (nSPS) is 41.5. The van der Waals surface area contributed by atoms with Crippen molar-refractivity contribution in [2.75, 3.05) is 25.4 Å². The minimum atomic E-state index is 0.776. The SMILES string of the molecule is CC1SCCC1N1CCC(CN)C1. The van der Waals surface area contributed by atoms with E-state index in [1.54, 1.807) is 0 Å². The number of thioether (sulfide) groups is 1. The van der Waals surface area contributed by atoms with E-state index in [0.717, 1.165) is 23.8 Å². The molecule has 3 heteroatoms. The van der Waals surface area contributed by atoms with Gasteiger partial charge in [-0.2, -0.15) is 11.8 Å². The fraction of sp³-hybridized carbons (Fsp3) is 1.00. The van der Waals surface area contributed by atoms with Crippen molar-refractivity contribution in [1.82, 2.24) is 4.90 Å². The second-order valence-corrected chi connectivity index (χ2v) is 5.80. The summed E-state index contributed by atoms with van der Waals surface area (Å²) in [7, 11) is 0. The van der Waals surface area contributed by atoms with Crippen LogP contribution in [0.3, 0.4) is 0 Å². The average molecular weight is 200 g/mol. The highest BCUT2D eigenvalue weighted by Gasteiger charge is 2.33. The lowest BCUT2D eigenvalue weighted by Gasteiger charge is -2.26. The standard InChI is InChI=1S/C10H20N2S/c1-8-10(3-5-13-8)12-4-2-9(6-11)7-12/h8-10H,2-7,11H2,1H3. The summed E-state index contributed by atoms with van der Waals surface area (Å²) in [5.74, 6) is 2.13. The van der Waals surface area contributed by atoms with Crippen molar-refractivity contribution in [3.8, 4) is 0 Å². The molecule has 2 fully saturated rings. The smallest absolute Gasteiger partial charge is 0.0219 e. The van der Waals surface area contributed by atoms with Crippen molar-refractivity contribution in [1.29, 1.82) is 0 Å². The molecule has 0 aliphatic carbocycles. The van der Waals surface area contributed by atoms with Crippen molar-refractivity contribution in [3.63, 3.8) is 0 Å². The highest BCUT2D eigenvalue weighted by molar-refractivity contribution is 8.00. The van der Waals surface area contributed by atoms with Crippen molar-refractivity contribution in [2.45, 2.75) is 31.1 Å². The molecule has 2 rings (SSSR count). The maximum absolute atomic E-state index is 5.70. The number of hydrogen-bond acceptors (Lipinski definition) is 3. The van der Waals surface area contributed by atoms with Gasteiger partial charge in [0.1, 0.15) is 0 Å². The lowest BCUT2D eigenvalue weighted by atomic mass is 10.1. The molecule has 0 bridgehead atoms. The highest BCUT2D eigenvalue weighted by atomic mass is 32.2. The van der Waals surface area contributed by atoms with Crippen molar-refractivity contribution in [2.24, 2.45) is 11.7 Å². The van der Waals surface area contributed by atoms with E-state index < -0.39 is 0 Å². The molecular formula is C10H20N2S. The van der Waals surface area contributed by atoms with Gasteiger partial charge in [-0.25, -0.2) is 0 Å². The van der Waals surface area contributed by atoms with Crippen LogP contribution in [0.15, 0.2) is 0 Å². The third-order valence-electron chi connectivity index (χ3n) is 3.46. The summed E-state index contributed by atoms with van der Waals surface area (Å²) in [5, 5.41) is 0.844. The Kier molecular flexibility index (Phi) is 3.17. The molecule has 76 valence electrons. The van der Waals surface area contributed by atoms with Crippen molar-refractivity contribution < 1.29 is 0 Å². The van der Waals surface area contributed by atoms with Gasteiger partial charge in [-0.15, -0.1) is 0 Å². The molecule has 2 nitrogen and oxygen atoms in total. The minimum absolute atomic E-state index is 0.776. The van der Waals surface area contributed by atoms with Crippen LogP contribution in [0.5, 0.6) is 0 Å². The Morgan fingerprint density at radius 3 is 2.85 bits per heavy atom. The van der Waals surface area contributed by atoms with Gasteiger partial charge < -0.3 is 5.73 Å². The number of rotatable bonds is 2. The molecule has 2 N–H and O–H groups in total. The first-order valence-corrected chi connectivity index (χ1v) is 6.42. The monoisotopic (exact) mass is 200 g/mol. The summed E-state index contributed by atoms with van der Waals surface area (Å²) in [4.78, 5) is 2.67. The van der Waals surface area contributed by atoms with Crippen LogP contribution in [0.4, 0.5) is 0 Å². The number of nitrogens with two attached hydrogens (primary N) is 1. The van der Waals surface area contributed by atoms with Gasteiger partial charge in [0.15, 0.2) is 0 Å². The first kappa shape index (κ1) is 9.81. The largest absolute Gasteiger partial charge is 0.330 e. The quantitative estimate of drug-likeness (QED) is 0.725. The molecule has 0 amide bonds. The molecule has 0 radical (unpaired) electrons. The predicted octanol–water partition coefficient (Wildman–Crippen LogP) is 1.16. The lowest BCUT2D eigenvalue weighted by molar-refractivity contribution is 0.235. The Labute approximate surface area is 85.2 Å². The third kappa shape index (κ3) is 2.03. The van der Waals surface area contributed by atoms with E-state index >= 15 is 0 Å². The second kappa shape index (κ2) is 4.20. The molecule has 0 aromatic rings. The zero-order valence-electron chi connectivity index (χ0n) is 8.41. The van der Waals surface area contributed by atoms with Gasteiger partial charge in [0.25, 0.3) is 0 Å². The van der Waals surface area contributed by atoms with Crippen LogP contribution in [0.2, 0.25) is 0 Å².